The number of amidine groups is 1. The second-order valence-corrected chi connectivity index (χ2v) is 8.44. The number of fused-ring (bicyclic) bond motifs is 1. The third-order valence-electron chi connectivity index (χ3n) is 5.31. The Morgan fingerprint density at radius 2 is 1.74 bits per heavy atom. The van der Waals surface area contributed by atoms with Crippen molar-refractivity contribution in [2.45, 2.75) is 6.18 Å². The van der Waals surface area contributed by atoms with Gasteiger partial charge in [0.1, 0.15) is 5.84 Å². The largest absolute Gasteiger partial charge is 0.493 e. The summed E-state index contributed by atoms with van der Waals surface area (Å²) in [5, 5.41) is 3.73. The van der Waals surface area contributed by atoms with Gasteiger partial charge in [-0.1, -0.05) is 54.6 Å². The Hall–Kier alpha value is -3.66. The lowest BCUT2D eigenvalue weighted by atomic mass is 9.98. The molecule has 0 bridgehead atoms. The van der Waals surface area contributed by atoms with E-state index in [1.807, 2.05) is 24.3 Å². The molecule has 34 heavy (non-hydrogen) atoms. The van der Waals surface area contributed by atoms with Crippen molar-refractivity contribution in [3.05, 3.63) is 76.9 Å². The van der Waals surface area contributed by atoms with Crippen molar-refractivity contribution in [3.63, 3.8) is 0 Å². The maximum atomic E-state index is 13.1. The Labute approximate surface area is 200 Å². The fourth-order valence-electron chi connectivity index (χ4n) is 3.87. The van der Waals surface area contributed by atoms with E-state index in [9.17, 15) is 18.0 Å². The maximum absolute atomic E-state index is 13.1. The van der Waals surface area contributed by atoms with Gasteiger partial charge < -0.3 is 10.2 Å². The van der Waals surface area contributed by atoms with Crippen molar-refractivity contribution in [1.29, 1.82) is 0 Å². The van der Waals surface area contributed by atoms with Gasteiger partial charge in [0.25, 0.3) is 0 Å². The molecule has 4 aromatic rings. The molecule has 10 heteroatoms. The monoisotopic (exact) mass is 528 g/mol. The topological polar surface area (TPSA) is 68.5 Å². The molecule has 0 unspecified atom stereocenters. The van der Waals surface area contributed by atoms with Gasteiger partial charge in [-0.15, -0.1) is 0 Å². The predicted octanol–water partition coefficient (Wildman–Crippen LogP) is 5.00. The number of hydrogen-bond donors (Lipinski definition) is 1. The van der Waals surface area contributed by atoms with Crippen molar-refractivity contribution >= 4 is 38.8 Å². The summed E-state index contributed by atoms with van der Waals surface area (Å²) in [5.74, 6) is -1.54. The summed E-state index contributed by atoms with van der Waals surface area (Å²) < 4.78 is 40.9. The highest BCUT2D eigenvalue weighted by atomic mass is 79.9. The highest BCUT2D eigenvalue weighted by molar-refractivity contribution is 9.10. The Balaban J connectivity index is 1.76. The number of carbonyl (C=O) groups is 1. The summed E-state index contributed by atoms with van der Waals surface area (Å²) in [4.78, 5) is 25.4. The van der Waals surface area contributed by atoms with Crippen LogP contribution in [-0.4, -0.2) is 40.8 Å². The van der Waals surface area contributed by atoms with Crippen LogP contribution in [0.4, 0.5) is 13.2 Å². The maximum Gasteiger partial charge on any atom is 0.493 e. The van der Waals surface area contributed by atoms with Gasteiger partial charge in [0.2, 0.25) is 0 Å². The van der Waals surface area contributed by atoms with Crippen LogP contribution in [-0.2, 0) is 4.79 Å². The average molecular weight is 529 g/mol. The Bertz CT molecular complexity index is 1410. The summed E-state index contributed by atoms with van der Waals surface area (Å²) in [6, 6.07) is 18.0. The minimum Gasteiger partial charge on any atom is -0.368 e. The molecule has 5 rings (SSSR count). The van der Waals surface area contributed by atoms with Crippen LogP contribution >= 0.6 is 15.9 Å². The molecule has 0 atom stereocenters. The van der Waals surface area contributed by atoms with E-state index in [0.717, 1.165) is 22.7 Å². The SMILES string of the molecule is O=C(On1c(-c2ccccc2)c(-c2ccc(C3=NCCN3)cc2)c2cc(Br)cnc21)C(F)(F)F. The third-order valence-corrected chi connectivity index (χ3v) is 5.74. The lowest BCUT2D eigenvalue weighted by Crippen LogP contribution is -2.33. The first-order valence-electron chi connectivity index (χ1n) is 10.3. The van der Waals surface area contributed by atoms with Crippen LogP contribution in [0.3, 0.4) is 0 Å². The van der Waals surface area contributed by atoms with Crippen LogP contribution in [0.25, 0.3) is 33.4 Å². The molecular formula is C24H16BrF3N4O2. The molecule has 6 nitrogen and oxygen atoms in total. The van der Waals surface area contributed by atoms with E-state index in [-0.39, 0.29) is 11.3 Å². The second-order valence-electron chi connectivity index (χ2n) is 7.52. The van der Waals surface area contributed by atoms with E-state index < -0.39 is 12.1 Å². The van der Waals surface area contributed by atoms with Gasteiger partial charge in [-0.05, 0) is 27.6 Å². The normalized spacial score (nSPS) is 13.6. The number of carbonyl (C=O) groups excluding carboxylic acids is 1. The Morgan fingerprint density at radius 1 is 1.03 bits per heavy atom. The minimum absolute atomic E-state index is 0.0839. The van der Waals surface area contributed by atoms with E-state index in [0.29, 0.717) is 33.1 Å². The van der Waals surface area contributed by atoms with Gasteiger partial charge in [-0.3, -0.25) is 4.99 Å². The molecule has 0 radical (unpaired) electrons. The summed E-state index contributed by atoms with van der Waals surface area (Å²) >= 11 is 3.38. The number of aliphatic imine (C=N–C) groups is 1. The van der Waals surface area contributed by atoms with Gasteiger partial charge >= 0.3 is 12.1 Å². The molecule has 0 spiro atoms. The number of halogens is 4. The zero-order valence-corrected chi connectivity index (χ0v) is 19.0. The van der Waals surface area contributed by atoms with Crippen LogP contribution < -0.4 is 10.2 Å². The Morgan fingerprint density at radius 3 is 2.38 bits per heavy atom. The van der Waals surface area contributed by atoms with E-state index in [1.165, 1.54) is 6.20 Å². The number of alkyl halides is 3. The smallest absolute Gasteiger partial charge is 0.368 e. The quantitative estimate of drug-likeness (QED) is 0.404. The number of pyridine rings is 1. The predicted molar refractivity (Wildman–Crippen MR) is 125 cm³/mol. The molecule has 3 heterocycles. The molecule has 0 aliphatic carbocycles. The Kier molecular flexibility index (Phi) is 5.60. The van der Waals surface area contributed by atoms with Crippen molar-refractivity contribution in [1.82, 2.24) is 15.0 Å². The molecule has 0 saturated carbocycles. The minimum atomic E-state index is -5.17. The zero-order valence-electron chi connectivity index (χ0n) is 17.4. The molecule has 2 aromatic heterocycles. The number of nitrogens with one attached hydrogen (secondary N) is 1. The van der Waals surface area contributed by atoms with E-state index in [1.54, 1.807) is 36.4 Å². The molecule has 0 amide bonds. The summed E-state index contributed by atoms with van der Waals surface area (Å²) in [6.07, 6.45) is -3.73. The van der Waals surface area contributed by atoms with Crippen molar-refractivity contribution < 1.29 is 22.8 Å². The van der Waals surface area contributed by atoms with Crippen LogP contribution in [0.5, 0.6) is 0 Å². The number of rotatable bonds is 4. The van der Waals surface area contributed by atoms with Crippen molar-refractivity contribution in [2.75, 3.05) is 13.1 Å². The summed E-state index contributed by atoms with van der Waals surface area (Å²) in [6.45, 7) is 1.47. The number of hydrogen-bond acceptors (Lipinski definition) is 5. The van der Waals surface area contributed by atoms with Gasteiger partial charge in [-0.25, -0.2) is 9.78 Å². The van der Waals surface area contributed by atoms with Crippen LogP contribution in [0, 0.1) is 0 Å². The third kappa shape index (κ3) is 4.05. The number of aromatic nitrogens is 2. The van der Waals surface area contributed by atoms with E-state index in [2.05, 4.69) is 31.2 Å². The fraction of sp³-hybridized carbons (Fsp3) is 0.125. The van der Waals surface area contributed by atoms with Gasteiger partial charge in [0.05, 0.1) is 12.2 Å². The first-order valence-corrected chi connectivity index (χ1v) is 11.1. The molecule has 172 valence electrons. The van der Waals surface area contributed by atoms with Crippen LogP contribution in [0.1, 0.15) is 5.56 Å². The van der Waals surface area contributed by atoms with E-state index in [4.69, 9.17) is 4.84 Å². The zero-order chi connectivity index (χ0) is 23.9. The second kappa shape index (κ2) is 8.60. The molecule has 0 saturated heterocycles. The molecule has 1 aliphatic rings. The van der Waals surface area contributed by atoms with Crippen LogP contribution in [0.2, 0.25) is 0 Å². The first-order chi connectivity index (χ1) is 16.3. The fourth-order valence-corrected chi connectivity index (χ4v) is 4.20. The first kappa shape index (κ1) is 22.1. The number of nitrogens with zero attached hydrogens (tertiary/aromatic N) is 3. The van der Waals surface area contributed by atoms with Crippen molar-refractivity contribution in [2.24, 2.45) is 4.99 Å². The highest BCUT2D eigenvalue weighted by Crippen LogP contribution is 2.41. The lowest BCUT2D eigenvalue weighted by Gasteiger charge is -2.13. The van der Waals surface area contributed by atoms with Crippen molar-refractivity contribution in [3.8, 4) is 22.4 Å². The molecular weight excluding hydrogens is 513 g/mol. The highest BCUT2D eigenvalue weighted by Gasteiger charge is 2.43. The molecule has 1 N–H and O–H groups in total. The van der Waals surface area contributed by atoms with E-state index >= 15 is 0 Å². The lowest BCUT2D eigenvalue weighted by molar-refractivity contribution is -0.199. The average Bonchev–Trinajstić information content (AvgIpc) is 3.46. The summed E-state index contributed by atoms with van der Waals surface area (Å²) in [5.41, 5.74) is 3.12. The van der Waals surface area contributed by atoms with Gasteiger partial charge in [0.15, 0.2) is 5.65 Å². The molecule has 0 fully saturated rings. The molecule has 1 aliphatic heterocycles. The van der Waals surface area contributed by atoms with Gasteiger partial charge in [0, 0.05) is 39.3 Å². The molecule has 2 aromatic carbocycles. The van der Waals surface area contributed by atoms with Crippen LogP contribution in [0.15, 0.2) is 76.3 Å². The number of benzene rings is 2. The van der Waals surface area contributed by atoms with Gasteiger partial charge in [-0.2, -0.15) is 17.9 Å². The summed E-state index contributed by atoms with van der Waals surface area (Å²) in [7, 11) is 0. The standard InChI is InChI=1S/C24H16BrF3N4O2/c25-17-12-18-19(14-6-8-16(9-7-14)21-29-10-11-30-21)20(15-4-2-1-3-5-15)32(22(18)31-13-17)34-23(33)24(26,27)28/h1-9,12-13H,10-11H2,(H,29,30).